The normalized spacial score (nSPS) is 18.7. The van der Waals surface area contributed by atoms with Gasteiger partial charge in [-0.1, -0.05) is 0 Å². The molecule has 0 aromatic heterocycles. The molecule has 0 aromatic carbocycles. The fourth-order valence-corrected chi connectivity index (χ4v) is 1.84. The summed E-state index contributed by atoms with van der Waals surface area (Å²) < 4.78 is 9.70. The van der Waals surface area contributed by atoms with Crippen molar-refractivity contribution in [3.05, 3.63) is 0 Å². The first-order valence-electron chi connectivity index (χ1n) is 5.13. The lowest BCUT2D eigenvalue weighted by Crippen LogP contribution is -2.29. The molecule has 1 saturated heterocycles. The zero-order chi connectivity index (χ0) is 11.3. The number of rotatable bonds is 6. The molecule has 86 valence electrons. The highest BCUT2D eigenvalue weighted by molar-refractivity contribution is 8.06. The first kappa shape index (κ1) is 12.4. The third-order valence-corrected chi connectivity index (χ3v) is 3.04. The van der Waals surface area contributed by atoms with Gasteiger partial charge in [-0.15, -0.1) is 0 Å². The van der Waals surface area contributed by atoms with E-state index in [1.807, 2.05) is 0 Å². The van der Waals surface area contributed by atoms with E-state index in [1.165, 1.54) is 0 Å². The second kappa shape index (κ2) is 6.00. The van der Waals surface area contributed by atoms with Crippen LogP contribution in [0.15, 0.2) is 0 Å². The molecule has 0 N–H and O–H groups in total. The number of carbonyl (C=O) groups excluding carboxylic acids is 2. The molecular formula is C10H16O4S. The number of hydrogen-bond acceptors (Lipinski definition) is 5. The molecule has 0 aliphatic carbocycles. The smallest absolute Gasteiger partial charge is 0.320 e. The Kier molecular flexibility index (Phi) is 4.94. The Hall–Kier alpha value is -0.710. The van der Waals surface area contributed by atoms with E-state index in [0.29, 0.717) is 24.9 Å². The topological polar surface area (TPSA) is 52.6 Å². The summed E-state index contributed by atoms with van der Waals surface area (Å²) in [5.41, 5.74) is 0. The molecule has 0 aromatic rings. The van der Waals surface area contributed by atoms with E-state index in [9.17, 15) is 9.59 Å². The van der Waals surface area contributed by atoms with Crippen molar-refractivity contribution in [1.29, 1.82) is 0 Å². The average molecular weight is 232 g/mol. The maximum absolute atomic E-state index is 11.5. The van der Waals surface area contributed by atoms with Gasteiger partial charge < -0.3 is 9.47 Å². The van der Waals surface area contributed by atoms with Crippen molar-refractivity contribution in [2.75, 3.05) is 19.0 Å². The van der Waals surface area contributed by atoms with Crippen LogP contribution in [0.3, 0.4) is 0 Å². The molecule has 0 radical (unpaired) electrons. The van der Waals surface area contributed by atoms with Crippen LogP contribution >= 0.6 is 11.8 Å². The molecule has 0 saturated carbocycles. The molecule has 15 heavy (non-hydrogen) atoms. The van der Waals surface area contributed by atoms with E-state index in [4.69, 9.17) is 9.47 Å². The molecule has 0 bridgehead atoms. The SMILES string of the molecule is CCOC(=O)C(CC1CS1)C(=O)OCC. The zero-order valence-corrected chi connectivity index (χ0v) is 9.84. The molecule has 5 heteroatoms. The van der Waals surface area contributed by atoms with E-state index in [2.05, 4.69) is 0 Å². The monoisotopic (exact) mass is 232 g/mol. The van der Waals surface area contributed by atoms with Crippen molar-refractivity contribution in [3.63, 3.8) is 0 Å². The lowest BCUT2D eigenvalue weighted by Gasteiger charge is -2.13. The van der Waals surface area contributed by atoms with Gasteiger partial charge in [-0.05, 0) is 20.3 Å². The number of thioether (sulfide) groups is 1. The lowest BCUT2D eigenvalue weighted by molar-refractivity contribution is -0.161. The second-order valence-corrected chi connectivity index (χ2v) is 4.58. The van der Waals surface area contributed by atoms with Crippen LogP contribution in [-0.2, 0) is 19.1 Å². The van der Waals surface area contributed by atoms with E-state index in [1.54, 1.807) is 25.6 Å². The lowest BCUT2D eigenvalue weighted by atomic mass is 10.0. The largest absolute Gasteiger partial charge is 0.465 e. The van der Waals surface area contributed by atoms with Crippen LogP contribution in [-0.4, -0.2) is 36.2 Å². The molecule has 0 amide bonds. The maximum Gasteiger partial charge on any atom is 0.320 e. The van der Waals surface area contributed by atoms with Crippen molar-refractivity contribution in [1.82, 2.24) is 0 Å². The van der Waals surface area contributed by atoms with Gasteiger partial charge in [0.25, 0.3) is 0 Å². The van der Waals surface area contributed by atoms with Crippen LogP contribution in [0.2, 0.25) is 0 Å². The highest BCUT2D eigenvalue weighted by Gasteiger charge is 2.36. The van der Waals surface area contributed by atoms with E-state index < -0.39 is 17.9 Å². The van der Waals surface area contributed by atoms with Gasteiger partial charge in [-0.2, -0.15) is 11.8 Å². The summed E-state index contributed by atoms with van der Waals surface area (Å²) >= 11 is 1.75. The standard InChI is InChI=1S/C10H16O4S/c1-3-13-9(11)8(5-7-6-15-7)10(12)14-4-2/h7-8H,3-6H2,1-2H3. The molecular weight excluding hydrogens is 216 g/mol. The van der Waals surface area contributed by atoms with Crippen LogP contribution in [0.5, 0.6) is 0 Å². The van der Waals surface area contributed by atoms with Crippen molar-refractivity contribution in [3.8, 4) is 0 Å². The molecule has 1 heterocycles. The quantitative estimate of drug-likeness (QED) is 0.392. The Labute approximate surface area is 93.7 Å². The molecule has 1 fully saturated rings. The fourth-order valence-electron chi connectivity index (χ4n) is 1.24. The van der Waals surface area contributed by atoms with Crippen LogP contribution in [0.1, 0.15) is 20.3 Å². The number of esters is 2. The Morgan fingerprint density at radius 1 is 1.27 bits per heavy atom. The Bertz CT molecular complexity index is 220. The third kappa shape index (κ3) is 4.11. The first-order valence-corrected chi connectivity index (χ1v) is 6.18. The van der Waals surface area contributed by atoms with Crippen LogP contribution < -0.4 is 0 Å². The summed E-state index contributed by atoms with van der Waals surface area (Å²) in [6.07, 6.45) is 0.544. The highest BCUT2D eigenvalue weighted by atomic mass is 32.2. The molecule has 1 unspecified atom stereocenters. The van der Waals surface area contributed by atoms with Crippen LogP contribution in [0.4, 0.5) is 0 Å². The van der Waals surface area contributed by atoms with Crippen molar-refractivity contribution >= 4 is 23.7 Å². The van der Waals surface area contributed by atoms with Gasteiger partial charge in [0.05, 0.1) is 13.2 Å². The summed E-state index contributed by atoms with van der Waals surface area (Å²) in [5.74, 6) is -0.619. The second-order valence-electron chi connectivity index (χ2n) is 3.25. The maximum atomic E-state index is 11.5. The summed E-state index contributed by atoms with van der Waals surface area (Å²) in [5, 5.41) is 0.420. The van der Waals surface area contributed by atoms with Gasteiger partial charge in [-0.25, -0.2) is 0 Å². The number of ether oxygens (including phenoxy) is 2. The molecule has 0 spiro atoms. The van der Waals surface area contributed by atoms with E-state index in [0.717, 1.165) is 5.75 Å². The van der Waals surface area contributed by atoms with Crippen molar-refractivity contribution in [2.45, 2.75) is 25.5 Å². The zero-order valence-electron chi connectivity index (χ0n) is 9.02. The van der Waals surface area contributed by atoms with Gasteiger partial charge in [-0.3, -0.25) is 9.59 Å². The van der Waals surface area contributed by atoms with E-state index in [-0.39, 0.29) is 0 Å². The number of carbonyl (C=O) groups is 2. The van der Waals surface area contributed by atoms with Gasteiger partial charge in [0.15, 0.2) is 5.92 Å². The van der Waals surface area contributed by atoms with E-state index >= 15 is 0 Å². The van der Waals surface area contributed by atoms with Gasteiger partial charge in [0.2, 0.25) is 0 Å². The third-order valence-electron chi connectivity index (χ3n) is 2.04. The minimum Gasteiger partial charge on any atom is -0.465 e. The summed E-state index contributed by atoms with van der Waals surface area (Å²) in [6.45, 7) is 4.05. The summed E-state index contributed by atoms with van der Waals surface area (Å²) in [6, 6.07) is 0. The highest BCUT2D eigenvalue weighted by Crippen LogP contribution is 2.36. The molecule has 1 aliphatic heterocycles. The van der Waals surface area contributed by atoms with Gasteiger partial charge >= 0.3 is 11.9 Å². The minimum absolute atomic E-state index is 0.298. The Morgan fingerprint density at radius 3 is 2.07 bits per heavy atom. The predicted molar refractivity (Wildman–Crippen MR) is 57.6 cm³/mol. The molecule has 1 rings (SSSR count). The van der Waals surface area contributed by atoms with Crippen molar-refractivity contribution < 1.29 is 19.1 Å². The Morgan fingerprint density at radius 2 is 1.73 bits per heavy atom. The van der Waals surface area contributed by atoms with Crippen LogP contribution in [0.25, 0.3) is 0 Å². The number of hydrogen-bond donors (Lipinski definition) is 0. The minimum atomic E-state index is -0.732. The molecule has 4 nitrogen and oxygen atoms in total. The van der Waals surface area contributed by atoms with Gasteiger partial charge in [0.1, 0.15) is 0 Å². The Balaban J connectivity index is 2.49. The molecule has 1 aliphatic rings. The van der Waals surface area contributed by atoms with Crippen molar-refractivity contribution in [2.24, 2.45) is 5.92 Å². The summed E-state index contributed by atoms with van der Waals surface area (Å²) in [4.78, 5) is 23.0. The molecule has 1 atom stereocenters. The van der Waals surface area contributed by atoms with Gasteiger partial charge in [0, 0.05) is 11.0 Å². The first-order chi connectivity index (χ1) is 7.19. The fraction of sp³-hybridized carbons (Fsp3) is 0.800. The van der Waals surface area contributed by atoms with Crippen LogP contribution in [0, 0.1) is 5.92 Å². The summed E-state index contributed by atoms with van der Waals surface area (Å²) in [7, 11) is 0. The predicted octanol–water partition coefficient (Wildman–Crippen LogP) is 1.23. The average Bonchev–Trinajstić information content (AvgIpc) is 2.98.